The molecule has 0 aliphatic rings. The number of fused-ring (bicyclic) bond motifs is 1. The van der Waals surface area contributed by atoms with E-state index in [2.05, 4.69) is 15.4 Å². The minimum absolute atomic E-state index is 0.150. The Kier molecular flexibility index (Phi) is 3.44. The smallest absolute Gasteiger partial charge is 0.257 e. The predicted molar refractivity (Wildman–Crippen MR) is 81.8 cm³/mol. The van der Waals surface area contributed by atoms with Crippen molar-refractivity contribution in [3.8, 4) is 0 Å². The average molecular weight is 298 g/mol. The normalized spacial score (nSPS) is 12.5. The second-order valence-corrected chi connectivity index (χ2v) is 5.41. The van der Waals surface area contributed by atoms with Crippen LogP contribution in [0.3, 0.4) is 0 Å². The third-order valence-corrected chi connectivity index (χ3v) is 3.69. The molecule has 0 saturated carbocycles. The fourth-order valence-corrected chi connectivity index (χ4v) is 2.69. The molecular formula is C16H18N4O2. The quantitative estimate of drug-likeness (QED) is 0.807. The SMILES string of the molecule is Cc1cc(C(C)NC(=O)c2c(C)nn3cccnc23)c(C)o1. The van der Waals surface area contributed by atoms with E-state index in [-0.39, 0.29) is 11.9 Å². The molecule has 0 aliphatic carbocycles. The van der Waals surface area contributed by atoms with Crippen LogP contribution in [-0.2, 0) is 0 Å². The number of amides is 1. The van der Waals surface area contributed by atoms with Crippen molar-refractivity contribution in [1.82, 2.24) is 19.9 Å². The molecule has 0 spiro atoms. The topological polar surface area (TPSA) is 72.4 Å². The summed E-state index contributed by atoms with van der Waals surface area (Å²) in [6.45, 7) is 7.53. The number of carbonyl (C=O) groups is 1. The summed E-state index contributed by atoms with van der Waals surface area (Å²) < 4.78 is 7.14. The number of nitrogens with zero attached hydrogens (tertiary/aromatic N) is 3. The predicted octanol–water partition coefficient (Wildman–Crippen LogP) is 2.74. The van der Waals surface area contributed by atoms with Crippen LogP contribution in [0.4, 0.5) is 0 Å². The third-order valence-electron chi connectivity index (χ3n) is 3.69. The third kappa shape index (κ3) is 2.36. The number of nitrogens with one attached hydrogen (secondary N) is 1. The van der Waals surface area contributed by atoms with Gasteiger partial charge in [0.15, 0.2) is 5.65 Å². The summed E-state index contributed by atoms with van der Waals surface area (Å²) in [6.07, 6.45) is 3.43. The van der Waals surface area contributed by atoms with Gasteiger partial charge in [0.05, 0.1) is 11.7 Å². The number of hydrogen-bond donors (Lipinski definition) is 1. The lowest BCUT2D eigenvalue weighted by Crippen LogP contribution is -2.27. The molecule has 3 rings (SSSR count). The van der Waals surface area contributed by atoms with Crippen LogP contribution in [0.2, 0.25) is 0 Å². The molecule has 0 radical (unpaired) electrons. The fourth-order valence-electron chi connectivity index (χ4n) is 2.69. The average Bonchev–Trinajstić information content (AvgIpc) is 2.96. The van der Waals surface area contributed by atoms with Crippen LogP contribution in [0.25, 0.3) is 5.65 Å². The monoisotopic (exact) mass is 298 g/mol. The Balaban J connectivity index is 1.90. The maximum absolute atomic E-state index is 12.6. The van der Waals surface area contributed by atoms with Gasteiger partial charge >= 0.3 is 0 Å². The first kappa shape index (κ1) is 14.3. The van der Waals surface area contributed by atoms with Crippen molar-refractivity contribution in [2.45, 2.75) is 33.7 Å². The number of rotatable bonds is 3. The van der Waals surface area contributed by atoms with E-state index in [0.717, 1.165) is 17.1 Å². The largest absolute Gasteiger partial charge is 0.466 e. The first-order valence-corrected chi connectivity index (χ1v) is 7.15. The van der Waals surface area contributed by atoms with E-state index in [9.17, 15) is 4.79 Å². The minimum atomic E-state index is -0.183. The van der Waals surface area contributed by atoms with Crippen molar-refractivity contribution in [3.05, 3.63) is 52.9 Å². The van der Waals surface area contributed by atoms with Crippen LogP contribution >= 0.6 is 0 Å². The van der Waals surface area contributed by atoms with Crippen LogP contribution in [0.1, 0.15) is 46.1 Å². The molecule has 1 N–H and O–H groups in total. The maximum atomic E-state index is 12.6. The Labute approximate surface area is 128 Å². The molecule has 6 heteroatoms. The highest BCUT2D eigenvalue weighted by Gasteiger charge is 2.21. The molecule has 22 heavy (non-hydrogen) atoms. The van der Waals surface area contributed by atoms with Crippen molar-refractivity contribution in [2.24, 2.45) is 0 Å². The van der Waals surface area contributed by atoms with Gasteiger partial charge in [0.1, 0.15) is 17.1 Å². The molecule has 0 aromatic carbocycles. The standard InChI is InChI=1S/C16H18N4O2/c1-9-8-13(12(4)22-9)10(2)18-16(21)14-11(3)19-20-7-5-6-17-15(14)20/h5-8,10H,1-4H3,(H,18,21). The summed E-state index contributed by atoms with van der Waals surface area (Å²) in [5.41, 5.74) is 2.70. The molecule has 3 aromatic rings. The highest BCUT2D eigenvalue weighted by Crippen LogP contribution is 2.22. The van der Waals surface area contributed by atoms with Crippen molar-refractivity contribution < 1.29 is 9.21 Å². The summed E-state index contributed by atoms with van der Waals surface area (Å²) in [6, 6.07) is 3.58. The van der Waals surface area contributed by atoms with Crippen LogP contribution in [-0.4, -0.2) is 20.5 Å². The summed E-state index contributed by atoms with van der Waals surface area (Å²) in [4.78, 5) is 16.9. The van der Waals surface area contributed by atoms with Crippen LogP contribution in [0.5, 0.6) is 0 Å². The Morgan fingerprint density at radius 1 is 1.36 bits per heavy atom. The van der Waals surface area contributed by atoms with E-state index < -0.39 is 0 Å². The Hall–Kier alpha value is -2.63. The van der Waals surface area contributed by atoms with Gasteiger partial charge in [-0.1, -0.05) is 0 Å². The molecule has 0 fully saturated rings. The highest BCUT2D eigenvalue weighted by molar-refractivity contribution is 6.01. The molecule has 0 bridgehead atoms. The zero-order chi connectivity index (χ0) is 15.9. The number of aryl methyl sites for hydroxylation is 3. The van der Waals surface area contributed by atoms with Crippen molar-refractivity contribution in [2.75, 3.05) is 0 Å². The van der Waals surface area contributed by atoms with Gasteiger partial charge in [-0.05, 0) is 39.8 Å². The number of carbonyl (C=O) groups excluding carboxylic acids is 1. The van der Waals surface area contributed by atoms with E-state index in [1.807, 2.05) is 33.8 Å². The number of hydrogen-bond acceptors (Lipinski definition) is 4. The molecule has 1 unspecified atom stereocenters. The Morgan fingerprint density at radius 2 is 2.14 bits per heavy atom. The van der Waals surface area contributed by atoms with Crippen molar-refractivity contribution in [1.29, 1.82) is 0 Å². The van der Waals surface area contributed by atoms with E-state index in [0.29, 0.717) is 16.9 Å². The summed E-state index contributed by atoms with van der Waals surface area (Å²) >= 11 is 0. The lowest BCUT2D eigenvalue weighted by Gasteiger charge is -2.12. The van der Waals surface area contributed by atoms with Crippen LogP contribution < -0.4 is 5.32 Å². The molecular weight excluding hydrogens is 280 g/mol. The summed E-state index contributed by atoms with van der Waals surface area (Å²) in [5, 5.41) is 7.30. The second kappa shape index (κ2) is 5.29. The summed E-state index contributed by atoms with van der Waals surface area (Å²) in [5.74, 6) is 1.47. The van der Waals surface area contributed by atoms with Crippen LogP contribution in [0.15, 0.2) is 28.9 Å². The first-order chi connectivity index (χ1) is 10.5. The van der Waals surface area contributed by atoms with Gasteiger partial charge in [-0.2, -0.15) is 5.10 Å². The van der Waals surface area contributed by atoms with Crippen LogP contribution in [0, 0.1) is 20.8 Å². The van der Waals surface area contributed by atoms with Gasteiger partial charge in [0.25, 0.3) is 5.91 Å². The van der Waals surface area contributed by atoms with Gasteiger partial charge in [0.2, 0.25) is 0 Å². The van der Waals surface area contributed by atoms with Gasteiger partial charge in [-0.15, -0.1) is 0 Å². The lowest BCUT2D eigenvalue weighted by atomic mass is 10.1. The molecule has 114 valence electrons. The zero-order valence-corrected chi connectivity index (χ0v) is 13.0. The second-order valence-electron chi connectivity index (χ2n) is 5.41. The van der Waals surface area contributed by atoms with E-state index in [1.54, 1.807) is 23.0 Å². The highest BCUT2D eigenvalue weighted by atomic mass is 16.3. The Morgan fingerprint density at radius 3 is 2.82 bits per heavy atom. The fraction of sp³-hybridized carbons (Fsp3) is 0.312. The molecule has 1 amide bonds. The molecule has 0 aliphatic heterocycles. The van der Waals surface area contributed by atoms with Crippen molar-refractivity contribution in [3.63, 3.8) is 0 Å². The number of furan rings is 1. The number of aromatic nitrogens is 3. The molecule has 6 nitrogen and oxygen atoms in total. The van der Waals surface area contributed by atoms with E-state index in [1.165, 1.54) is 0 Å². The van der Waals surface area contributed by atoms with E-state index in [4.69, 9.17) is 4.42 Å². The van der Waals surface area contributed by atoms with Gasteiger partial charge < -0.3 is 9.73 Å². The van der Waals surface area contributed by atoms with Crippen molar-refractivity contribution >= 4 is 11.6 Å². The Bertz CT molecular complexity index is 847. The molecule has 3 aromatic heterocycles. The van der Waals surface area contributed by atoms with Gasteiger partial charge in [-0.25, -0.2) is 9.50 Å². The molecule has 1 atom stereocenters. The summed E-state index contributed by atoms with van der Waals surface area (Å²) in [7, 11) is 0. The molecule has 0 saturated heterocycles. The van der Waals surface area contributed by atoms with E-state index >= 15 is 0 Å². The van der Waals surface area contributed by atoms with Gasteiger partial charge in [0, 0.05) is 18.0 Å². The zero-order valence-electron chi connectivity index (χ0n) is 13.0. The lowest BCUT2D eigenvalue weighted by molar-refractivity contribution is 0.0940. The molecule has 3 heterocycles. The first-order valence-electron chi connectivity index (χ1n) is 7.15. The van der Waals surface area contributed by atoms with Gasteiger partial charge in [-0.3, -0.25) is 4.79 Å². The minimum Gasteiger partial charge on any atom is -0.466 e. The maximum Gasteiger partial charge on any atom is 0.257 e.